The van der Waals surface area contributed by atoms with Crippen molar-refractivity contribution in [2.45, 2.75) is 57.3 Å². The van der Waals surface area contributed by atoms with Crippen LogP contribution in [0, 0.1) is 6.92 Å². The maximum atomic E-state index is 12.3. The van der Waals surface area contributed by atoms with Crippen molar-refractivity contribution in [3.05, 3.63) is 59.7 Å². The van der Waals surface area contributed by atoms with Crippen LogP contribution in [-0.2, 0) is 0 Å². The summed E-state index contributed by atoms with van der Waals surface area (Å²) in [5.74, 6) is 0.838. The molecule has 0 saturated carbocycles. The molecule has 2 aromatic carbocycles. The molecule has 0 spiro atoms. The molecule has 0 radical (unpaired) electrons. The molecule has 0 atom stereocenters. The van der Waals surface area contributed by atoms with Gasteiger partial charge in [0.05, 0.1) is 6.61 Å². The Labute approximate surface area is 156 Å². The molecular formula is C22H28O2S. The van der Waals surface area contributed by atoms with Crippen molar-refractivity contribution >= 4 is 16.9 Å². The molecule has 0 aliphatic heterocycles. The van der Waals surface area contributed by atoms with Gasteiger partial charge in [-0.05, 0) is 61.5 Å². The van der Waals surface area contributed by atoms with Gasteiger partial charge in [0, 0.05) is 10.5 Å². The zero-order valence-corrected chi connectivity index (χ0v) is 16.1. The number of carbonyl (C=O) groups is 1. The summed E-state index contributed by atoms with van der Waals surface area (Å²) in [4.78, 5) is 13.3. The van der Waals surface area contributed by atoms with E-state index in [2.05, 4.69) is 6.92 Å². The second-order valence-corrected chi connectivity index (χ2v) is 7.39. The van der Waals surface area contributed by atoms with Gasteiger partial charge in [0.1, 0.15) is 5.75 Å². The fourth-order valence-corrected chi connectivity index (χ4v) is 3.27. The van der Waals surface area contributed by atoms with E-state index in [0.29, 0.717) is 5.56 Å². The number of rotatable bonds is 10. The van der Waals surface area contributed by atoms with Gasteiger partial charge in [0.25, 0.3) is 0 Å². The number of hydrogen-bond acceptors (Lipinski definition) is 3. The third kappa shape index (κ3) is 7.35. The van der Waals surface area contributed by atoms with Crippen LogP contribution in [0.3, 0.4) is 0 Å². The highest BCUT2D eigenvalue weighted by Crippen LogP contribution is 2.24. The molecule has 2 rings (SSSR count). The van der Waals surface area contributed by atoms with Gasteiger partial charge < -0.3 is 4.74 Å². The molecule has 0 amide bonds. The fourth-order valence-electron chi connectivity index (χ4n) is 2.53. The third-order valence-electron chi connectivity index (χ3n) is 4.09. The second kappa shape index (κ2) is 11.0. The quantitative estimate of drug-likeness (QED) is 0.351. The van der Waals surface area contributed by atoms with Gasteiger partial charge in [-0.3, -0.25) is 4.79 Å². The maximum Gasteiger partial charge on any atom is 0.224 e. The number of carbonyl (C=O) groups excluding carboxylic acids is 1. The molecule has 0 aromatic heterocycles. The normalized spacial score (nSPS) is 10.6. The molecule has 0 fully saturated rings. The van der Waals surface area contributed by atoms with Crippen molar-refractivity contribution in [2.75, 3.05) is 6.61 Å². The SMILES string of the molecule is CCCCCCCCOc1ccc(C(=O)Sc2ccc(C)cc2)cc1. The molecule has 134 valence electrons. The summed E-state index contributed by atoms with van der Waals surface area (Å²) in [6, 6.07) is 15.5. The highest BCUT2D eigenvalue weighted by molar-refractivity contribution is 8.14. The van der Waals surface area contributed by atoms with Crippen LogP contribution in [-0.4, -0.2) is 11.7 Å². The van der Waals surface area contributed by atoms with Crippen molar-refractivity contribution in [1.29, 1.82) is 0 Å². The second-order valence-electron chi connectivity index (χ2n) is 6.34. The summed E-state index contributed by atoms with van der Waals surface area (Å²) in [5, 5.41) is 0.0614. The Kier molecular flexibility index (Phi) is 8.61. The number of aryl methyl sites for hydroxylation is 1. The van der Waals surface area contributed by atoms with E-state index in [1.54, 1.807) is 0 Å². The first kappa shape index (κ1) is 19.6. The highest BCUT2D eigenvalue weighted by atomic mass is 32.2. The van der Waals surface area contributed by atoms with Crippen LogP contribution in [0.15, 0.2) is 53.4 Å². The third-order valence-corrected chi connectivity index (χ3v) is 5.02. The molecule has 25 heavy (non-hydrogen) atoms. The van der Waals surface area contributed by atoms with Gasteiger partial charge in [-0.25, -0.2) is 0 Å². The van der Waals surface area contributed by atoms with Gasteiger partial charge in [0.2, 0.25) is 5.12 Å². The predicted molar refractivity (Wildman–Crippen MR) is 107 cm³/mol. The van der Waals surface area contributed by atoms with Gasteiger partial charge in [0.15, 0.2) is 0 Å². The minimum absolute atomic E-state index is 0.0614. The Morgan fingerprint density at radius 1 is 0.880 bits per heavy atom. The first-order valence-electron chi connectivity index (χ1n) is 9.21. The summed E-state index contributed by atoms with van der Waals surface area (Å²) < 4.78 is 5.76. The topological polar surface area (TPSA) is 26.3 Å². The smallest absolute Gasteiger partial charge is 0.224 e. The zero-order valence-electron chi connectivity index (χ0n) is 15.3. The minimum Gasteiger partial charge on any atom is -0.494 e. The number of unbranched alkanes of at least 4 members (excludes halogenated alkanes) is 5. The van der Waals surface area contributed by atoms with Gasteiger partial charge in [-0.15, -0.1) is 0 Å². The summed E-state index contributed by atoms with van der Waals surface area (Å²) in [5.41, 5.74) is 1.90. The van der Waals surface area contributed by atoms with E-state index in [0.717, 1.165) is 23.7 Å². The molecule has 3 heteroatoms. The van der Waals surface area contributed by atoms with Crippen molar-refractivity contribution in [1.82, 2.24) is 0 Å². The number of ether oxygens (including phenoxy) is 1. The van der Waals surface area contributed by atoms with Crippen LogP contribution in [0.4, 0.5) is 0 Å². The van der Waals surface area contributed by atoms with Gasteiger partial charge in [-0.2, -0.15) is 0 Å². The van der Waals surface area contributed by atoms with Crippen LogP contribution in [0.1, 0.15) is 61.4 Å². The molecule has 2 aromatic rings. The van der Waals surface area contributed by atoms with E-state index in [4.69, 9.17) is 4.74 Å². The minimum atomic E-state index is 0.0614. The van der Waals surface area contributed by atoms with Crippen LogP contribution in [0.5, 0.6) is 5.75 Å². The Morgan fingerprint density at radius 3 is 2.20 bits per heavy atom. The largest absolute Gasteiger partial charge is 0.494 e. The van der Waals surface area contributed by atoms with E-state index in [1.165, 1.54) is 49.4 Å². The Morgan fingerprint density at radius 2 is 1.52 bits per heavy atom. The lowest BCUT2D eigenvalue weighted by molar-refractivity contribution is 0.108. The van der Waals surface area contributed by atoms with E-state index < -0.39 is 0 Å². The van der Waals surface area contributed by atoms with Gasteiger partial charge >= 0.3 is 0 Å². The lowest BCUT2D eigenvalue weighted by Crippen LogP contribution is -1.98. The van der Waals surface area contributed by atoms with Crippen molar-refractivity contribution < 1.29 is 9.53 Å². The summed E-state index contributed by atoms with van der Waals surface area (Å²) in [6.45, 7) is 5.02. The lowest BCUT2D eigenvalue weighted by atomic mass is 10.1. The first-order chi connectivity index (χ1) is 12.2. The number of benzene rings is 2. The lowest BCUT2D eigenvalue weighted by Gasteiger charge is -2.07. The van der Waals surface area contributed by atoms with E-state index in [9.17, 15) is 4.79 Å². The van der Waals surface area contributed by atoms with Crippen LogP contribution in [0.2, 0.25) is 0 Å². The number of hydrogen-bond donors (Lipinski definition) is 0. The Balaban J connectivity index is 1.73. The van der Waals surface area contributed by atoms with E-state index in [-0.39, 0.29) is 5.12 Å². The summed E-state index contributed by atoms with van der Waals surface area (Å²) in [6.07, 6.45) is 7.55. The van der Waals surface area contributed by atoms with Crippen molar-refractivity contribution in [3.63, 3.8) is 0 Å². The zero-order chi connectivity index (χ0) is 17.9. The molecule has 2 nitrogen and oxygen atoms in total. The first-order valence-corrected chi connectivity index (χ1v) is 10.0. The maximum absolute atomic E-state index is 12.3. The molecule has 0 saturated heterocycles. The monoisotopic (exact) mass is 356 g/mol. The molecule has 0 aliphatic rings. The average Bonchev–Trinajstić information content (AvgIpc) is 2.63. The summed E-state index contributed by atoms with van der Waals surface area (Å²) >= 11 is 1.26. The van der Waals surface area contributed by atoms with Crippen LogP contribution >= 0.6 is 11.8 Å². The van der Waals surface area contributed by atoms with Gasteiger partial charge in [-0.1, -0.05) is 56.7 Å². The molecule has 0 aliphatic carbocycles. The molecule has 0 bridgehead atoms. The molecule has 0 N–H and O–H groups in total. The van der Waals surface area contributed by atoms with Crippen LogP contribution in [0.25, 0.3) is 0 Å². The fraction of sp³-hybridized carbons (Fsp3) is 0.409. The Hall–Kier alpha value is -1.74. The average molecular weight is 357 g/mol. The van der Waals surface area contributed by atoms with Crippen molar-refractivity contribution in [2.24, 2.45) is 0 Å². The number of thioether (sulfide) groups is 1. The predicted octanol–water partition coefficient (Wildman–Crippen LogP) is 6.67. The highest BCUT2D eigenvalue weighted by Gasteiger charge is 2.08. The molecule has 0 heterocycles. The molecule has 0 unspecified atom stereocenters. The van der Waals surface area contributed by atoms with Crippen molar-refractivity contribution in [3.8, 4) is 5.75 Å². The Bertz CT molecular complexity index is 632. The summed E-state index contributed by atoms with van der Waals surface area (Å²) in [7, 11) is 0. The van der Waals surface area contributed by atoms with E-state index in [1.807, 2.05) is 55.5 Å². The van der Waals surface area contributed by atoms with E-state index >= 15 is 0 Å². The van der Waals surface area contributed by atoms with Crippen LogP contribution < -0.4 is 4.74 Å². The standard InChI is InChI=1S/C22H28O2S/c1-3-4-5-6-7-8-17-24-20-13-11-19(12-14-20)22(23)25-21-15-9-18(2)10-16-21/h9-16H,3-8,17H2,1-2H3. The molecular weight excluding hydrogens is 328 g/mol.